The van der Waals surface area contributed by atoms with Gasteiger partial charge in [-0.15, -0.1) is 0 Å². The highest BCUT2D eigenvalue weighted by atomic mass is 19.2. The normalized spacial score (nSPS) is 11.0. The van der Waals surface area contributed by atoms with Crippen LogP contribution >= 0.6 is 0 Å². The number of hydrogen-bond acceptors (Lipinski definition) is 1. The van der Waals surface area contributed by atoms with Crippen molar-refractivity contribution in [1.82, 2.24) is 0 Å². The fraction of sp³-hybridized carbons (Fsp3) is 0.176. The molecule has 0 aliphatic rings. The van der Waals surface area contributed by atoms with Gasteiger partial charge in [-0.25, -0.2) is 13.2 Å². The molecule has 0 spiro atoms. The van der Waals surface area contributed by atoms with Crippen LogP contribution in [0.2, 0.25) is 0 Å². The molecule has 0 radical (unpaired) electrons. The molecule has 0 bridgehead atoms. The fourth-order valence-electron chi connectivity index (χ4n) is 1.69. The van der Waals surface area contributed by atoms with Gasteiger partial charge in [0.05, 0.1) is 5.56 Å². The summed E-state index contributed by atoms with van der Waals surface area (Å²) < 4.78 is 40.0. The number of hydrogen-bond donors (Lipinski definition) is 1. The highest BCUT2D eigenvalue weighted by Crippen LogP contribution is 2.23. The molecule has 0 aliphatic carbocycles. The molecule has 0 unspecified atom stereocenters. The Kier molecular flexibility index (Phi) is 4.06. The van der Waals surface area contributed by atoms with Crippen molar-refractivity contribution in [2.45, 2.75) is 19.4 Å². The second-order valence-corrected chi connectivity index (χ2v) is 5.13. The Labute approximate surface area is 121 Å². The second-order valence-electron chi connectivity index (χ2n) is 5.13. The van der Waals surface area contributed by atoms with Crippen molar-refractivity contribution in [3.63, 3.8) is 0 Å². The molecule has 2 rings (SSSR count). The molecule has 0 atom stereocenters. The van der Waals surface area contributed by atoms with Crippen LogP contribution in [0.5, 0.6) is 0 Å². The van der Waals surface area contributed by atoms with Crippen molar-refractivity contribution >= 4 is 0 Å². The van der Waals surface area contributed by atoms with Crippen molar-refractivity contribution in [1.29, 1.82) is 0 Å². The third-order valence-corrected chi connectivity index (χ3v) is 2.73. The first-order chi connectivity index (χ1) is 9.76. The van der Waals surface area contributed by atoms with Crippen LogP contribution in [0.4, 0.5) is 13.2 Å². The Balaban J connectivity index is 2.38. The molecular formula is C17H13F3O. The Morgan fingerprint density at radius 2 is 1.43 bits per heavy atom. The topological polar surface area (TPSA) is 20.2 Å². The quantitative estimate of drug-likeness (QED) is 0.790. The van der Waals surface area contributed by atoms with Crippen LogP contribution in [-0.4, -0.2) is 10.7 Å². The predicted octanol–water partition coefficient (Wildman–Crippen LogP) is 3.89. The van der Waals surface area contributed by atoms with Gasteiger partial charge in [0, 0.05) is 0 Å². The van der Waals surface area contributed by atoms with Gasteiger partial charge in [-0.2, -0.15) is 0 Å². The minimum absolute atomic E-state index is 0.128. The molecule has 0 heterocycles. The maximum atomic E-state index is 13.9. The van der Waals surface area contributed by atoms with E-state index in [-0.39, 0.29) is 5.56 Å². The zero-order valence-electron chi connectivity index (χ0n) is 11.5. The summed E-state index contributed by atoms with van der Waals surface area (Å²) in [6, 6.07) is 7.56. The second kappa shape index (κ2) is 5.63. The van der Waals surface area contributed by atoms with Gasteiger partial charge in [0.1, 0.15) is 11.4 Å². The number of rotatable bonds is 1. The van der Waals surface area contributed by atoms with Gasteiger partial charge in [0.25, 0.3) is 0 Å². The highest BCUT2D eigenvalue weighted by molar-refractivity contribution is 5.64. The molecule has 0 amide bonds. The molecule has 1 N–H and O–H groups in total. The monoisotopic (exact) mass is 290 g/mol. The lowest BCUT2D eigenvalue weighted by Crippen LogP contribution is -2.14. The van der Waals surface area contributed by atoms with E-state index in [2.05, 4.69) is 11.8 Å². The summed E-state index contributed by atoms with van der Waals surface area (Å²) >= 11 is 0. The average molecular weight is 290 g/mol. The van der Waals surface area contributed by atoms with Crippen LogP contribution in [0.15, 0.2) is 36.4 Å². The van der Waals surface area contributed by atoms with E-state index < -0.39 is 23.1 Å². The summed E-state index contributed by atoms with van der Waals surface area (Å²) in [6.45, 7) is 2.99. The maximum Gasteiger partial charge on any atom is 0.159 e. The average Bonchev–Trinajstić information content (AvgIpc) is 2.39. The molecule has 108 valence electrons. The third kappa shape index (κ3) is 3.87. The van der Waals surface area contributed by atoms with Crippen LogP contribution in [-0.2, 0) is 0 Å². The molecule has 21 heavy (non-hydrogen) atoms. The summed E-state index contributed by atoms with van der Waals surface area (Å²) in [6.07, 6.45) is 0. The minimum Gasteiger partial charge on any atom is -0.378 e. The molecule has 2 aromatic carbocycles. The molecule has 0 saturated carbocycles. The molecule has 4 heteroatoms. The molecule has 0 fully saturated rings. The van der Waals surface area contributed by atoms with Gasteiger partial charge < -0.3 is 5.11 Å². The zero-order chi connectivity index (χ0) is 15.6. The summed E-state index contributed by atoms with van der Waals surface area (Å²) in [5.74, 6) is 2.53. The first-order valence-electron chi connectivity index (χ1n) is 6.27. The van der Waals surface area contributed by atoms with Crippen molar-refractivity contribution in [3.05, 3.63) is 59.4 Å². The Morgan fingerprint density at radius 1 is 0.857 bits per heavy atom. The zero-order valence-corrected chi connectivity index (χ0v) is 11.5. The van der Waals surface area contributed by atoms with E-state index in [9.17, 15) is 18.3 Å². The van der Waals surface area contributed by atoms with Crippen LogP contribution in [0.25, 0.3) is 11.1 Å². The molecule has 2 aromatic rings. The van der Waals surface area contributed by atoms with Crippen molar-refractivity contribution < 1.29 is 18.3 Å². The van der Waals surface area contributed by atoms with Crippen molar-refractivity contribution in [2.24, 2.45) is 0 Å². The predicted molar refractivity (Wildman–Crippen MR) is 74.9 cm³/mol. The van der Waals surface area contributed by atoms with E-state index in [0.717, 1.165) is 12.1 Å². The Hall–Kier alpha value is -2.25. The van der Waals surface area contributed by atoms with E-state index in [1.165, 1.54) is 32.0 Å². The number of aliphatic hydroxyl groups is 1. The van der Waals surface area contributed by atoms with E-state index in [1.54, 1.807) is 6.07 Å². The van der Waals surface area contributed by atoms with E-state index >= 15 is 0 Å². The Bertz CT molecular complexity index is 734. The van der Waals surface area contributed by atoms with Gasteiger partial charge in [0.2, 0.25) is 0 Å². The number of halogens is 3. The molecule has 0 aromatic heterocycles. The van der Waals surface area contributed by atoms with Gasteiger partial charge in [-0.3, -0.25) is 0 Å². The largest absolute Gasteiger partial charge is 0.378 e. The lowest BCUT2D eigenvalue weighted by molar-refractivity contribution is 0.143. The summed E-state index contributed by atoms with van der Waals surface area (Å²) in [7, 11) is 0. The van der Waals surface area contributed by atoms with Gasteiger partial charge in [0.15, 0.2) is 11.6 Å². The SMILES string of the molecule is CC(C)(O)C#Cc1ccc(-c2ccc(F)c(F)c2)cc1F. The highest BCUT2D eigenvalue weighted by Gasteiger charge is 2.09. The molecule has 0 saturated heterocycles. The smallest absolute Gasteiger partial charge is 0.159 e. The van der Waals surface area contributed by atoms with E-state index in [1.807, 2.05) is 0 Å². The maximum absolute atomic E-state index is 13.9. The van der Waals surface area contributed by atoms with Crippen molar-refractivity contribution in [2.75, 3.05) is 0 Å². The summed E-state index contributed by atoms with van der Waals surface area (Å²) in [5.41, 5.74) is -0.302. The third-order valence-electron chi connectivity index (χ3n) is 2.73. The van der Waals surface area contributed by atoms with Gasteiger partial charge >= 0.3 is 0 Å². The molecule has 1 nitrogen and oxygen atoms in total. The fourth-order valence-corrected chi connectivity index (χ4v) is 1.69. The van der Waals surface area contributed by atoms with E-state index in [0.29, 0.717) is 11.1 Å². The Morgan fingerprint density at radius 3 is 1.95 bits per heavy atom. The summed E-state index contributed by atoms with van der Waals surface area (Å²) in [4.78, 5) is 0. The van der Waals surface area contributed by atoms with E-state index in [4.69, 9.17) is 0 Å². The first-order valence-corrected chi connectivity index (χ1v) is 6.27. The number of benzene rings is 2. The lowest BCUT2D eigenvalue weighted by atomic mass is 10.0. The summed E-state index contributed by atoms with van der Waals surface area (Å²) in [5, 5.41) is 9.49. The standard InChI is InChI=1S/C17H13F3O/c1-17(2,21)8-7-11-3-4-12(9-15(11)19)13-5-6-14(18)16(20)10-13/h3-6,9-10,21H,1-2H3. The van der Waals surface area contributed by atoms with Gasteiger partial charge in [-0.05, 0) is 49.2 Å². The van der Waals surface area contributed by atoms with Crippen LogP contribution < -0.4 is 0 Å². The molecule has 0 aliphatic heterocycles. The minimum atomic E-state index is -1.22. The first kappa shape index (κ1) is 15.1. The lowest BCUT2D eigenvalue weighted by Gasteiger charge is -2.07. The molecular weight excluding hydrogens is 277 g/mol. The van der Waals surface area contributed by atoms with Gasteiger partial charge in [-0.1, -0.05) is 24.0 Å². The van der Waals surface area contributed by atoms with Crippen LogP contribution in [0.3, 0.4) is 0 Å². The van der Waals surface area contributed by atoms with Crippen LogP contribution in [0.1, 0.15) is 19.4 Å². The van der Waals surface area contributed by atoms with Crippen molar-refractivity contribution in [3.8, 4) is 23.0 Å². The van der Waals surface area contributed by atoms with Crippen LogP contribution in [0, 0.1) is 29.3 Å².